The molecule has 0 bridgehead atoms. The van der Waals surface area contributed by atoms with Gasteiger partial charge in [0.25, 0.3) is 0 Å². The van der Waals surface area contributed by atoms with Crippen LogP contribution in [0.5, 0.6) is 5.75 Å². The Morgan fingerprint density at radius 3 is 2.38 bits per heavy atom. The van der Waals surface area contributed by atoms with Gasteiger partial charge in [-0.05, 0) is 24.1 Å². The second-order valence-electron chi connectivity index (χ2n) is 4.30. The largest absolute Gasteiger partial charge is 0.508 e. The molecule has 0 aliphatic rings. The van der Waals surface area contributed by atoms with Crippen LogP contribution < -0.4 is 11.1 Å². The summed E-state index contributed by atoms with van der Waals surface area (Å²) in [6, 6.07) is 5.63. The number of rotatable bonds is 4. The highest BCUT2D eigenvalue weighted by atomic mass is 35.5. The van der Waals surface area contributed by atoms with E-state index in [1.807, 2.05) is 0 Å². The maximum Gasteiger partial charge on any atom is 0.241 e. The summed E-state index contributed by atoms with van der Waals surface area (Å²) in [5, 5.41) is 11.8. The van der Waals surface area contributed by atoms with Crippen molar-refractivity contribution in [2.75, 3.05) is 5.32 Å². The predicted molar refractivity (Wildman–Crippen MR) is 80.5 cm³/mol. The number of carbonyl (C=O) groups excluding carboxylic acids is 1. The number of benzene rings is 1. The van der Waals surface area contributed by atoms with Gasteiger partial charge in [0.2, 0.25) is 5.91 Å². The molecular formula is C13H12Cl2N4O2. The van der Waals surface area contributed by atoms with Gasteiger partial charge in [-0.1, -0.05) is 35.3 Å². The van der Waals surface area contributed by atoms with Crippen LogP contribution in [0.1, 0.15) is 5.56 Å². The fourth-order valence-electron chi connectivity index (χ4n) is 1.64. The molecule has 1 amide bonds. The van der Waals surface area contributed by atoms with E-state index in [0.717, 1.165) is 5.56 Å². The number of hydrogen-bond acceptors (Lipinski definition) is 5. The lowest BCUT2D eigenvalue weighted by atomic mass is 10.1. The van der Waals surface area contributed by atoms with Crippen LogP contribution in [0.2, 0.25) is 10.3 Å². The number of aromatic nitrogens is 2. The van der Waals surface area contributed by atoms with Crippen molar-refractivity contribution >= 4 is 34.8 Å². The standard InChI is InChI=1S/C13H12Cl2N4O2/c14-11-10(12(15)18-6-17-11)19-13(21)9(16)5-7-1-3-8(20)4-2-7/h1-4,6,9,20H,5,16H2,(H,19,21)/t9-/m1/s1. The van der Waals surface area contributed by atoms with E-state index in [2.05, 4.69) is 15.3 Å². The maximum atomic E-state index is 12.0. The van der Waals surface area contributed by atoms with Crippen LogP contribution in [0.15, 0.2) is 30.6 Å². The topological polar surface area (TPSA) is 101 Å². The second kappa shape index (κ2) is 6.71. The molecule has 1 atom stereocenters. The highest BCUT2D eigenvalue weighted by Gasteiger charge is 2.18. The number of aromatic hydroxyl groups is 1. The molecule has 0 saturated carbocycles. The number of phenolic OH excluding ortho intramolecular Hbond substituents is 1. The van der Waals surface area contributed by atoms with Crippen molar-refractivity contribution < 1.29 is 9.90 Å². The lowest BCUT2D eigenvalue weighted by Crippen LogP contribution is -2.37. The van der Waals surface area contributed by atoms with Crippen LogP contribution in [0, 0.1) is 0 Å². The average Bonchev–Trinajstić information content (AvgIpc) is 2.45. The van der Waals surface area contributed by atoms with Crippen LogP contribution in [-0.2, 0) is 11.2 Å². The van der Waals surface area contributed by atoms with Crippen molar-refractivity contribution in [1.82, 2.24) is 9.97 Å². The molecule has 2 rings (SSSR count). The summed E-state index contributed by atoms with van der Waals surface area (Å²) < 4.78 is 0. The smallest absolute Gasteiger partial charge is 0.241 e. The molecule has 0 radical (unpaired) electrons. The minimum absolute atomic E-state index is 0.0418. The second-order valence-corrected chi connectivity index (χ2v) is 5.01. The number of carbonyl (C=O) groups is 1. The highest BCUT2D eigenvalue weighted by Crippen LogP contribution is 2.25. The Hall–Kier alpha value is -1.89. The number of nitrogens with zero attached hydrogens (tertiary/aromatic N) is 2. The first kappa shape index (κ1) is 15.5. The molecule has 1 aromatic carbocycles. The van der Waals surface area contributed by atoms with E-state index in [4.69, 9.17) is 28.9 Å². The lowest BCUT2D eigenvalue weighted by molar-refractivity contribution is -0.117. The van der Waals surface area contributed by atoms with Gasteiger partial charge in [-0.3, -0.25) is 4.79 Å². The molecule has 0 aliphatic carbocycles. The Balaban J connectivity index is 2.04. The molecule has 0 unspecified atom stereocenters. The molecule has 0 aliphatic heterocycles. The number of nitrogens with two attached hydrogens (primary N) is 1. The third kappa shape index (κ3) is 4.04. The minimum Gasteiger partial charge on any atom is -0.508 e. The molecule has 0 saturated heterocycles. The fourth-order valence-corrected chi connectivity index (χ4v) is 2.05. The Labute approximate surface area is 130 Å². The highest BCUT2D eigenvalue weighted by molar-refractivity contribution is 6.38. The third-order valence-electron chi connectivity index (χ3n) is 2.73. The first-order valence-corrected chi connectivity index (χ1v) is 6.73. The van der Waals surface area contributed by atoms with Crippen molar-refractivity contribution in [2.24, 2.45) is 5.73 Å². The number of nitrogens with one attached hydrogen (secondary N) is 1. The van der Waals surface area contributed by atoms with E-state index < -0.39 is 11.9 Å². The van der Waals surface area contributed by atoms with Crippen LogP contribution >= 0.6 is 23.2 Å². The minimum atomic E-state index is -0.804. The number of amides is 1. The molecule has 21 heavy (non-hydrogen) atoms. The summed E-state index contributed by atoms with van der Waals surface area (Å²) in [5.41, 5.74) is 6.78. The molecule has 6 nitrogen and oxygen atoms in total. The van der Waals surface area contributed by atoms with Gasteiger partial charge in [-0.15, -0.1) is 0 Å². The van der Waals surface area contributed by atoms with E-state index >= 15 is 0 Å². The first-order chi connectivity index (χ1) is 9.97. The number of hydrogen-bond donors (Lipinski definition) is 3. The van der Waals surface area contributed by atoms with Gasteiger partial charge in [-0.2, -0.15) is 0 Å². The molecule has 110 valence electrons. The van der Waals surface area contributed by atoms with Gasteiger partial charge in [0.05, 0.1) is 6.04 Å². The molecule has 0 fully saturated rings. The Kier molecular flexibility index (Phi) is 4.95. The van der Waals surface area contributed by atoms with Gasteiger partial charge in [0.15, 0.2) is 10.3 Å². The van der Waals surface area contributed by atoms with Gasteiger partial charge >= 0.3 is 0 Å². The quantitative estimate of drug-likeness (QED) is 0.746. The number of anilines is 1. The van der Waals surface area contributed by atoms with Crippen LogP contribution in [0.25, 0.3) is 0 Å². The van der Waals surface area contributed by atoms with Gasteiger partial charge < -0.3 is 16.2 Å². The fraction of sp³-hybridized carbons (Fsp3) is 0.154. The molecule has 4 N–H and O–H groups in total. The predicted octanol–water partition coefficient (Wildman–Crippen LogP) is 2.00. The molecular weight excluding hydrogens is 315 g/mol. The summed E-state index contributed by atoms with van der Waals surface area (Å²) >= 11 is 11.7. The Morgan fingerprint density at radius 2 is 1.81 bits per heavy atom. The molecule has 8 heteroatoms. The van der Waals surface area contributed by atoms with E-state index in [1.165, 1.54) is 18.5 Å². The molecule has 0 spiro atoms. The van der Waals surface area contributed by atoms with Crippen molar-refractivity contribution in [3.63, 3.8) is 0 Å². The number of halogens is 2. The third-order valence-corrected chi connectivity index (χ3v) is 3.30. The maximum absolute atomic E-state index is 12.0. The van der Waals surface area contributed by atoms with Crippen molar-refractivity contribution in [3.05, 3.63) is 46.5 Å². The average molecular weight is 327 g/mol. The van der Waals surface area contributed by atoms with Gasteiger partial charge in [0.1, 0.15) is 17.8 Å². The monoisotopic (exact) mass is 326 g/mol. The first-order valence-electron chi connectivity index (χ1n) is 5.97. The summed E-state index contributed by atoms with van der Waals surface area (Å²) in [6.45, 7) is 0. The number of phenols is 1. The Morgan fingerprint density at radius 1 is 1.24 bits per heavy atom. The molecule has 1 heterocycles. The molecule has 1 aromatic heterocycles. The van der Waals surface area contributed by atoms with Gasteiger partial charge in [-0.25, -0.2) is 9.97 Å². The van der Waals surface area contributed by atoms with E-state index in [-0.39, 0.29) is 21.7 Å². The summed E-state index contributed by atoms with van der Waals surface area (Å²) in [7, 11) is 0. The van der Waals surface area contributed by atoms with Gasteiger partial charge in [0, 0.05) is 0 Å². The van der Waals surface area contributed by atoms with E-state index in [0.29, 0.717) is 6.42 Å². The molecule has 2 aromatic rings. The van der Waals surface area contributed by atoms with Crippen molar-refractivity contribution in [1.29, 1.82) is 0 Å². The van der Waals surface area contributed by atoms with Crippen molar-refractivity contribution in [3.8, 4) is 5.75 Å². The zero-order valence-corrected chi connectivity index (χ0v) is 12.3. The van der Waals surface area contributed by atoms with Crippen molar-refractivity contribution in [2.45, 2.75) is 12.5 Å². The zero-order valence-electron chi connectivity index (χ0n) is 10.8. The Bertz CT molecular complexity index is 629. The van der Waals surface area contributed by atoms with Crippen LogP contribution in [-0.4, -0.2) is 27.0 Å². The lowest BCUT2D eigenvalue weighted by Gasteiger charge is -2.13. The summed E-state index contributed by atoms with van der Waals surface area (Å²) in [6.07, 6.45) is 1.49. The SMILES string of the molecule is N[C@H](Cc1ccc(O)cc1)C(=O)Nc1c(Cl)ncnc1Cl. The van der Waals surface area contributed by atoms with Crippen LogP contribution in [0.3, 0.4) is 0 Å². The normalized spacial score (nSPS) is 12.0. The van der Waals surface area contributed by atoms with E-state index in [9.17, 15) is 9.90 Å². The summed E-state index contributed by atoms with van der Waals surface area (Å²) in [4.78, 5) is 19.5. The van der Waals surface area contributed by atoms with E-state index in [1.54, 1.807) is 12.1 Å². The van der Waals surface area contributed by atoms with Crippen LogP contribution in [0.4, 0.5) is 5.69 Å². The summed E-state index contributed by atoms with van der Waals surface area (Å²) in [5.74, 6) is -0.307. The zero-order chi connectivity index (χ0) is 15.4.